The Hall–Kier alpha value is 0.380. The number of hydrogen-bond acceptors (Lipinski definition) is 2. The van der Waals surface area contributed by atoms with Crippen LogP contribution in [0, 0.1) is 0 Å². The molecule has 3 aromatic carbocycles. The predicted molar refractivity (Wildman–Crippen MR) is 121 cm³/mol. The fourth-order valence-corrected chi connectivity index (χ4v) is 6.13. The van der Waals surface area contributed by atoms with Crippen molar-refractivity contribution in [3.05, 3.63) is 78.1 Å². The quantitative estimate of drug-likeness (QED) is 0.293. The van der Waals surface area contributed by atoms with Crippen molar-refractivity contribution in [3.8, 4) is 0 Å². The van der Waals surface area contributed by atoms with Gasteiger partial charge in [0.1, 0.15) is 0 Å². The van der Waals surface area contributed by atoms with Crippen molar-refractivity contribution in [3.63, 3.8) is 0 Å². The second-order valence-electron chi connectivity index (χ2n) is 4.92. The molecule has 0 aliphatic heterocycles. The average Bonchev–Trinajstić information content (AvgIpc) is 2.58. The SMILES string of the molecule is Clc1ccc(Br)c(Sc2cccc(Sc3cc(Cl)ccc3Br)c2Br)c1. The lowest BCUT2D eigenvalue weighted by molar-refractivity contribution is 1.25. The highest BCUT2D eigenvalue weighted by Gasteiger charge is 2.12. The molecule has 25 heavy (non-hydrogen) atoms. The highest BCUT2D eigenvalue weighted by atomic mass is 79.9. The summed E-state index contributed by atoms with van der Waals surface area (Å²) in [5.41, 5.74) is 0. The summed E-state index contributed by atoms with van der Waals surface area (Å²) in [6.07, 6.45) is 0. The van der Waals surface area contributed by atoms with Crippen molar-refractivity contribution in [2.45, 2.75) is 19.6 Å². The first-order chi connectivity index (χ1) is 11.9. The van der Waals surface area contributed by atoms with Crippen LogP contribution in [0.1, 0.15) is 0 Å². The molecule has 3 aromatic rings. The first kappa shape index (κ1) is 20.1. The Labute approximate surface area is 190 Å². The normalized spacial score (nSPS) is 10.9. The van der Waals surface area contributed by atoms with Gasteiger partial charge in [-0.1, -0.05) is 52.8 Å². The van der Waals surface area contributed by atoms with E-state index in [-0.39, 0.29) is 0 Å². The highest BCUT2D eigenvalue weighted by molar-refractivity contribution is 9.11. The largest absolute Gasteiger partial charge is 0.0876 e. The maximum atomic E-state index is 6.13. The number of hydrogen-bond donors (Lipinski definition) is 0. The fourth-order valence-electron chi connectivity index (χ4n) is 2.00. The highest BCUT2D eigenvalue weighted by Crippen LogP contribution is 2.44. The van der Waals surface area contributed by atoms with Crippen LogP contribution in [0.4, 0.5) is 0 Å². The van der Waals surface area contributed by atoms with E-state index in [4.69, 9.17) is 23.2 Å². The third-order valence-electron chi connectivity index (χ3n) is 3.15. The molecule has 0 aliphatic carbocycles. The minimum absolute atomic E-state index is 0.718. The molecule has 128 valence electrons. The first-order valence-corrected chi connectivity index (χ1v) is 11.7. The Kier molecular flexibility index (Phi) is 7.28. The minimum atomic E-state index is 0.718. The number of rotatable bonds is 4. The van der Waals surface area contributed by atoms with Gasteiger partial charge < -0.3 is 0 Å². The Morgan fingerprint density at radius 3 is 1.48 bits per heavy atom. The van der Waals surface area contributed by atoms with Gasteiger partial charge >= 0.3 is 0 Å². The maximum Gasteiger partial charge on any atom is 0.0454 e. The molecule has 0 aliphatic rings. The van der Waals surface area contributed by atoms with Crippen LogP contribution in [0.2, 0.25) is 10.0 Å². The molecule has 0 saturated heterocycles. The molecule has 0 spiro atoms. The van der Waals surface area contributed by atoms with Crippen molar-refractivity contribution >= 4 is 94.5 Å². The molecular formula is C18H9Br3Cl2S2. The first-order valence-electron chi connectivity index (χ1n) is 6.98. The van der Waals surface area contributed by atoms with Crippen LogP contribution in [0.25, 0.3) is 0 Å². The van der Waals surface area contributed by atoms with Crippen LogP contribution >= 0.6 is 94.5 Å². The van der Waals surface area contributed by atoms with Gasteiger partial charge in [0.25, 0.3) is 0 Å². The van der Waals surface area contributed by atoms with E-state index in [1.807, 2.05) is 42.5 Å². The van der Waals surface area contributed by atoms with Crippen molar-refractivity contribution in [1.82, 2.24) is 0 Å². The second kappa shape index (κ2) is 9.05. The molecule has 0 nitrogen and oxygen atoms in total. The van der Waals surface area contributed by atoms with Gasteiger partial charge in [-0.2, -0.15) is 0 Å². The summed E-state index contributed by atoms with van der Waals surface area (Å²) in [5.74, 6) is 0. The van der Waals surface area contributed by atoms with Crippen molar-refractivity contribution in [2.75, 3.05) is 0 Å². The van der Waals surface area contributed by atoms with E-state index in [1.54, 1.807) is 23.5 Å². The fraction of sp³-hybridized carbons (Fsp3) is 0. The lowest BCUT2D eigenvalue weighted by Gasteiger charge is -2.11. The lowest BCUT2D eigenvalue weighted by atomic mass is 10.3. The zero-order valence-electron chi connectivity index (χ0n) is 12.4. The molecule has 0 saturated carbocycles. The predicted octanol–water partition coefficient (Wildman–Crippen LogP) is 9.58. The molecule has 0 radical (unpaired) electrons. The summed E-state index contributed by atoms with van der Waals surface area (Å²) in [6, 6.07) is 17.8. The van der Waals surface area contributed by atoms with Gasteiger partial charge in [-0.25, -0.2) is 0 Å². The van der Waals surface area contributed by atoms with Crippen LogP contribution in [0.15, 0.2) is 87.6 Å². The topological polar surface area (TPSA) is 0 Å². The van der Waals surface area contributed by atoms with E-state index in [1.165, 1.54) is 0 Å². The molecule has 0 heterocycles. The summed E-state index contributed by atoms with van der Waals surface area (Å²) in [5, 5.41) is 1.44. The summed E-state index contributed by atoms with van der Waals surface area (Å²) in [6.45, 7) is 0. The van der Waals surface area contributed by atoms with E-state index in [2.05, 4.69) is 59.9 Å². The Balaban J connectivity index is 1.92. The molecule has 3 rings (SSSR count). The van der Waals surface area contributed by atoms with E-state index in [9.17, 15) is 0 Å². The molecule has 0 aromatic heterocycles. The van der Waals surface area contributed by atoms with Crippen molar-refractivity contribution < 1.29 is 0 Å². The summed E-state index contributed by atoms with van der Waals surface area (Å²) in [7, 11) is 0. The monoisotopic (exact) mass is 596 g/mol. The van der Waals surface area contributed by atoms with Gasteiger partial charge in [0.05, 0.1) is 0 Å². The van der Waals surface area contributed by atoms with Crippen LogP contribution in [0.5, 0.6) is 0 Å². The van der Waals surface area contributed by atoms with Crippen molar-refractivity contribution in [2.24, 2.45) is 0 Å². The van der Waals surface area contributed by atoms with Crippen LogP contribution in [-0.2, 0) is 0 Å². The molecule has 0 bridgehead atoms. The third-order valence-corrected chi connectivity index (χ3v) is 9.15. The molecule has 0 atom stereocenters. The Morgan fingerprint density at radius 1 is 0.600 bits per heavy atom. The number of benzene rings is 3. The maximum absolute atomic E-state index is 6.13. The smallest absolute Gasteiger partial charge is 0.0454 e. The zero-order valence-corrected chi connectivity index (χ0v) is 20.3. The van der Waals surface area contributed by atoms with E-state index >= 15 is 0 Å². The summed E-state index contributed by atoms with van der Waals surface area (Å²) >= 11 is 26.5. The van der Waals surface area contributed by atoms with Crippen molar-refractivity contribution in [1.29, 1.82) is 0 Å². The zero-order chi connectivity index (χ0) is 18.0. The summed E-state index contributed by atoms with van der Waals surface area (Å²) < 4.78 is 3.08. The minimum Gasteiger partial charge on any atom is -0.0876 e. The summed E-state index contributed by atoms with van der Waals surface area (Å²) in [4.78, 5) is 4.37. The standard InChI is InChI=1S/C18H9Br3Cl2S2/c19-12-6-4-10(22)8-16(12)24-14-2-1-3-15(18(14)21)25-17-9-11(23)5-7-13(17)20/h1-9H. The van der Waals surface area contributed by atoms with Crippen LogP contribution in [-0.4, -0.2) is 0 Å². The van der Waals surface area contributed by atoms with Gasteiger partial charge in [-0.3, -0.25) is 0 Å². The van der Waals surface area contributed by atoms with E-state index in [0.29, 0.717) is 0 Å². The molecule has 0 fully saturated rings. The van der Waals surface area contributed by atoms with Gasteiger partial charge in [0.2, 0.25) is 0 Å². The van der Waals surface area contributed by atoms with Gasteiger partial charge in [-0.15, -0.1) is 0 Å². The molecular weight excluding hydrogens is 591 g/mol. The van der Waals surface area contributed by atoms with Gasteiger partial charge in [-0.05, 0) is 96.3 Å². The third kappa shape index (κ3) is 5.22. The molecule has 0 amide bonds. The Bertz CT molecular complexity index is 860. The molecule has 0 N–H and O–H groups in total. The van der Waals surface area contributed by atoms with E-state index in [0.717, 1.165) is 43.0 Å². The second-order valence-corrected chi connectivity index (χ2v) is 10.5. The lowest BCUT2D eigenvalue weighted by Crippen LogP contribution is -1.83. The molecule has 7 heteroatoms. The Morgan fingerprint density at radius 2 is 1.04 bits per heavy atom. The van der Waals surface area contributed by atoms with Crippen LogP contribution < -0.4 is 0 Å². The average molecular weight is 600 g/mol. The molecule has 0 unspecified atom stereocenters. The van der Waals surface area contributed by atoms with Crippen LogP contribution in [0.3, 0.4) is 0 Å². The van der Waals surface area contributed by atoms with E-state index < -0.39 is 0 Å². The number of halogens is 5. The van der Waals surface area contributed by atoms with Gasteiger partial charge in [0.15, 0.2) is 0 Å². The van der Waals surface area contributed by atoms with Gasteiger partial charge in [0, 0.05) is 43.0 Å².